The van der Waals surface area contributed by atoms with Gasteiger partial charge in [-0.3, -0.25) is 9.36 Å². The SMILES string of the molecule is NC(=O)c1c(N)ncn1C1CC(O)C(CO)O1. The molecule has 0 saturated carbocycles. The van der Waals surface area contributed by atoms with Gasteiger partial charge < -0.3 is 26.4 Å². The van der Waals surface area contributed by atoms with E-state index in [9.17, 15) is 9.90 Å². The first-order valence-corrected chi connectivity index (χ1v) is 5.11. The molecule has 0 radical (unpaired) electrons. The number of nitrogens with zero attached hydrogens (tertiary/aromatic N) is 2. The number of primary amides is 1. The molecule has 1 aromatic rings. The van der Waals surface area contributed by atoms with Gasteiger partial charge in [-0.2, -0.15) is 0 Å². The van der Waals surface area contributed by atoms with E-state index in [0.717, 1.165) is 0 Å². The average Bonchev–Trinajstić information content (AvgIpc) is 2.81. The van der Waals surface area contributed by atoms with E-state index in [1.54, 1.807) is 0 Å². The Morgan fingerprint density at radius 1 is 1.71 bits per heavy atom. The van der Waals surface area contributed by atoms with Crippen molar-refractivity contribution in [3.63, 3.8) is 0 Å². The van der Waals surface area contributed by atoms with Crippen molar-refractivity contribution in [3.8, 4) is 0 Å². The molecule has 2 heterocycles. The third kappa shape index (κ3) is 1.97. The number of nitrogens with two attached hydrogens (primary N) is 2. The highest BCUT2D eigenvalue weighted by atomic mass is 16.5. The third-order valence-electron chi connectivity index (χ3n) is 2.75. The molecular formula is C9H14N4O4. The molecule has 3 unspecified atom stereocenters. The first kappa shape index (κ1) is 11.8. The fourth-order valence-corrected chi connectivity index (χ4v) is 1.90. The van der Waals surface area contributed by atoms with Crippen LogP contribution in [0.15, 0.2) is 6.33 Å². The quantitative estimate of drug-likeness (QED) is 0.494. The Bertz CT molecular complexity index is 433. The Kier molecular flexibility index (Phi) is 3.01. The monoisotopic (exact) mass is 242 g/mol. The maximum atomic E-state index is 11.2. The lowest BCUT2D eigenvalue weighted by Gasteiger charge is -2.14. The Morgan fingerprint density at radius 2 is 2.41 bits per heavy atom. The third-order valence-corrected chi connectivity index (χ3v) is 2.75. The van der Waals surface area contributed by atoms with Crippen LogP contribution in [0.1, 0.15) is 23.1 Å². The molecule has 6 N–H and O–H groups in total. The van der Waals surface area contributed by atoms with Crippen LogP contribution < -0.4 is 11.5 Å². The summed E-state index contributed by atoms with van der Waals surface area (Å²) in [6.07, 6.45) is -0.512. The summed E-state index contributed by atoms with van der Waals surface area (Å²) in [4.78, 5) is 15.0. The van der Waals surface area contributed by atoms with Crippen molar-refractivity contribution < 1.29 is 19.7 Å². The van der Waals surface area contributed by atoms with E-state index < -0.39 is 24.3 Å². The number of carbonyl (C=O) groups excluding carboxylic acids is 1. The van der Waals surface area contributed by atoms with Gasteiger partial charge in [-0.1, -0.05) is 0 Å². The number of hydrogen-bond acceptors (Lipinski definition) is 6. The highest BCUT2D eigenvalue weighted by Gasteiger charge is 2.36. The zero-order chi connectivity index (χ0) is 12.6. The molecule has 1 aromatic heterocycles. The van der Waals surface area contributed by atoms with Crippen LogP contribution in [0, 0.1) is 0 Å². The second kappa shape index (κ2) is 4.32. The lowest BCUT2D eigenvalue weighted by molar-refractivity contribution is -0.0448. The largest absolute Gasteiger partial charge is 0.394 e. The Labute approximate surface area is 96.8 Å². The lowest BCUT2D eigenvalue weighted by Crippen LogP contribution is -2.24. The summed E-state index contributed by atoms with van der Waals surface area (Å²) in [5.74, 6) is -0.700. The predicted molar refractivity (Wildman–Crippen MR) is 56.8 cm³/mol. The number of carbonyl (C=O) groups is 1. The molecule has 0 aliphatic carbocycles. The fourth-order valence-electron chi connectivity index (χ4n) is 1.90. The smallest absolute Gasteiger partial charge is 0.269 e. The zero-order valence-electron chi connectivity index (χ0n) is 8.98. The molecular weight excluding hydrogens is 228 g/mol. The van der Waals surface area contributed by atoms with Crippen molar-refractivity contribution >= 4 is 11.7 Å². The molecule has 8 nitrogen and oxygen atoms in total. The van der Waals surface area contributed by atoms with Gasteiger partial charge in [-0.25, -0.2) is 4.98 Å². The van der Waals surface area contributed by atoms with E-state index in [-0.39, 0.29) is 24.5 Å². The van der Waals surface area contributed by atoms with Crippen LogP contribution in [0.3, 0.4) is 0 Å². The minimum atomic E-state index is -0.797. The molecule has 1 saturated heterocycles. The van der Waals surface area contributed by atoms with Crippen LogP contribution in [-0.4, -0.2) is 44.5 Å². The van der Waals surface area contributed by atoms with Gasteiger partial charge in [0.05, 0.1) is 19.0 Å². The highest BCUT2D eigenvalue weighted by Crippen LogP contribution is 2.30. The molecule has 0 bridgehead atoms. The van der Waals surface area contributed by atoms with E-state index in [1.807, 2.05) is 0 Å². The van der Waals surface area contributed by atoms with Gasteiger partial charge in [-0.05, 0) is 0 Å². The topological polar surface area (TPSA) is 137 Å². The first-order valence-electron chi connectivity index (χ1n) is 5.11. The van der Waals surface area contributed by atoms with Gasteiger partial charge in [0.25, 0.3) is 5.91 Å². The Hall–Kier alpha value is -1.64. The maximum Gasteiger partial charge on any atom is 0.269 e. The van der Waals surface area contributed by atoms with E-state index >= 15 is 0 Å². The van der Waals surface area contributed by atoms with Crippen molar-refractivity contribution in [2.24, 2.45) is 5.73 Å². The van der Waals surface area contributed by atoms with Gasteiger partial charge in [0.15, 0.2) is 11.5 Å². The van der Waals surface area contributed by atoms with Crippen LogP contribution in [0.25, 0.3) is 0 Å². The lowest BCUT2D eigenvalue weighted by atomic mass is 10.2. The molecule has 3 atom stereocenters. The minimum absolute atomic E-state index is 0.0167. The molecule has 0 aromatic carbocycles. The second-order valence-electron chi connectivity index (χ2n) is 3.86. The van der Waals surface area contributed by atoms with Gasteiger partial charge >= 0.3 is 0 Å². The summed E-state index contributed by atoms with van der Waals surface area (Å²) in [6.45, 7) is -0.298. The molecule has 94 valence electrons. The number of amides is 1. The molecule has 8 heteroatoms. The number of aliphatic hydroxyl groups excluding tert-OH is 2. The number of anilines is 1. The number of imidazole rings is 1. The summed E-state index contributed by atoms with van der Waals surface area (Å²) in [5, 5.41) is 18.5. The number of aromatic nitrogens is 2. The van der Waals surface area contributed by atoms with Crippen LogP contribution in [0.4, 0.5) is 5.82 Å². The fraction of sp³-hybridized carbons (Fsp3) is 0.556. The highest BCUT2D eigenvalue weighted by molar-refractivity contribution is 5.95. The summed E-state index contributed by atoms with van der Waals surface area (Å²) >= 11 is 0. The van der Waals surface area contributed by atoms with Crippen molar-refractivity contribution in [2.75, 3.05) is 12.3 Å². The molecule has 0 spiro atoms. The molecule has 1 aliphatic rings. The van der Waals surface area contributed by atoms with Crippen molar-refractivity contribution in [1.82, 2.24) is 9.55 Å². The number of hydrogen-bond donors (Lipinski definition) is 4. The second-order valence-corrected chi connectivity index (χ2v) is 3.86. The zero-order valence-corrected chi connectivity index (χ0v) is 8.98. The van der Waals surface area contributed by atoms with Crippen LogP contribution in [-0.2, 0) is 4.74 Å². The van der Waals surface area contributed by atoms with E-state index in [0.29, 0.717) is 0 Å². The van der Waals surface area contributed by atoms with Gasteiger partial charge in [-0.15, -0.1) is 0 Å². The van der Waals surface area contributed by atoms with Gasteiger partial charge in [0.2, 0.25) is 0 Å². The number of ether oxygens (including phenoxy) is 1. The summed E-state index contributed by atoms with van der Waals surface area (Å²) < 4.78 is 6.74. The molecule has 1 aliphatic heterocycles. The van der Waals surface area contributed by atoms with E-state index in [1.165, 1.54) is 10.9 Å². The maximum absolute atomic E-state index is 11.2. The number of aliphatic hydroxyl groups is 2. The molecule has 17 heavy (non-hydrogen) atoms. The van der Waals surface area contributed by atoms with Gasteiger partial charge in [0.1, 0.15) is 12.3 Å². The van der Waals surface area contributed by atoms with Crippen LogP contribution in [0.5, 0.6) is 0 Å². The summed E-state index contributed by atoms with van der Waals surface area (Å²) in [6, 6.07) is 0. The van der Waals surface area contributed by atoms with Crippen molar-refractivity contribution in [2.45, 2.75) is 24.9 Å². The summed E-state index contributed by atoms with van der Waals surface area (Å²) in [5.41, 5.74) is 10.7. The number of nitrogen functional groups attached to an aromatic ring is 1. The van der Waals surface area contributed by atoms with Crippen LogP contribution >= 0.6 is 0 Å². The van der Waals surface area contributed by atoms with E-state index in [4.69, 9.17) is 21.3 Å². The predicted octanol–water partition coefficient (Wildman–Crippen LogP) is -1.80. The van der Waals surface area contributed by atoms with Crippen LogP contribution in [0.2, 0.25) is 0 Å². The number of rotatable bonds is 3. The average molecular weight is 242 g/mol. The Balaban J connectivity index is 2.27. The van der Waals surface area contributed by atoms with E-state index in [2.05, 4.69) is 4.98 Å². The minimum Gasteiger partial charge on any atom is -0.394 e. The van der Waals surface area contributed by atoms with Crippen molar-refractivity contribution in [1.29, 1.82) is 0 Å². The molecule has 2 rings (SSSR count). The summed E-state index contributed by atoms with van der Waals surface area (Å²) in [7, 11) is 0. The molecule has 1 fully saturated rings. The molecule has 1 amide bonds. The Morgan fingerprint density at radius 3 is 2.94 bits per heavy atom. The van der Waals surface area contributed by atoms with Gasteiger partial charge in [0, 0.05) is 6.42 Å². The standard InChI is InChI=1S/C9H14N4O4/c10-8-7(9(11)16)13(3-12-8)6-1-4(15)5(2-14)17-6/h3-6,14-15H,1-2,10H2,(H2,11,16). The first-order chi connectivity index (χ1) is 8.04. The van der Waals surface area contributed by atoms with Crippen molar-refractivity contribution in [3.05, 3.63) is 12.0 Å². The normalized spacial score (nSPS) is 28.5.